The molecule has 0 aliphatic carbocycles. The molecule has 3 rings (SSSR count). The number of amidine groups is 1. The van der Waals surface area contributed by atoms with Gasteiger partial charge in [0.2, 0.25) is 0 Å². The largest absolute Gasteiger partial charge is 0.463 e. The van der Waals surface area contributed by atoms with Crippen LogP contribution in [0.3, 0.4) is 0 Å². The van der Waals surface area contributed by atoms with E-state index >= 15 is 0 Å². The number of rotatable bonds is 6. The second-order valence-electron chi connectivity index (χ2n) is 5.40. The van der Waals surface area contributed by atoms with E-state index in [-0.39, 0.29) is 17.9 Å². The maximum atomic E-state index is 12.5. The van der Waals surface area contributed by atoms with E-state index in [9.17, 15) is 14.9 Å². The molecule has 0 saturated heterocycles. The first-order valence-electron chi connectivity index (χ1n) is 7.99. The van der Waals surface area contributed by atoms with Crippen molar-refractivity contribution in [2.24, 2.45) is 4.99 Å². The van der Waals surface area contributed by atoms with Gasteiger partial charge < -0.3 is 9.64 Å². The number of para-hydroxylation sites is 1. The molecule has 10 heteroatoms. The van der Waals surface area contributed by atoms with Crippen molar-refractivity contribution < 1.29 is 14.5 Å². The minimum atomic E-state index is -0.861. The predicted octanol–water partition coefficient (Wildman–Crippen LogP) is 3.65. The zero-order chi connectivity index (χ0) is 19.4. The average molecular weight is 451 g/mol. The Morgan fingerprint density at radius 1 is 1.44 bits per heavy atom. The number of hydrogen-bond donors (Lipinski definition) is 0. The van der Waals surface area contributed by atoms with Gasteiger partial charge in [-0.3, -0.25) is 15.1 Å². The monoisotopic (exact) mass is 450 g/mol. The van der Waals surface area contributed by atoms with Crippen LogP contribution in [0.25, 0.3) is 0 Å². The Kier molecular flexibility index (Phi) is 5.97. The van der Waals surface area contributed by atoms with Crippen LogP contribution in [0.2, 0.25) is 0 Å². The molecule has 1 aromatic carbocycles. The van der Waals surface area contributed by atoms with Crippen LogP contribution in [-0.2, 0) is 9.53 Å². The number of nitrogens with zero attached hydrogens (tertiary/aromatic N) is 4. The molecule has 8 nitrogen and oxygen atoms in total. The average Bonchev–Trinajstić information content (AvgIpc) is 3.21. The Morgan fingerprint density at radius 2 is 2.22 bits per heavy atom. The Hall–Kier alpha value is -2.59. The van der Waals surface area contributed by atoms with E-state index in [0.717, 1.165) is 0 Å². The van der Waals surface area contributed by atoms with E-state index in [2.05, 4.69) is 25.9 Å². The molecule has 0 spiro atoms. The molecule has 0 fully saturated rings. The number of thiazole rings is 1. The molecule has 1 atom stereocenters. The van der Waals surface area contributed by atoms with Gasteiger partial charge in [0.25, 0.3) is 5.69 Å². The topological polar surface area (TPSA) is 97.9 Å². The fraction of sp³-hybridized carbons (Fsp3) is 0.235. The van der Waals surface area contributed by atoms with E-state index in [0.29, 0.717) is 21.9 Å². The van der Waals surface area contributed by atoms with Gasteiger partial charge in [0.15, 0.2) is 10.8 Å². The van der Waals surface area contributed by atoms with Crippen molar-refractivity contribution in [1.29, 1.82) is 0 Å². The zero-order valence-electron chi connectivity index (χ0n) is 14.2. The maximum absolute atomic E-state index is 12.5. The Labute approximate surface area is 167 Å². The lowest BCUT2D eigenvalue weighted by atomic mass is 9.97. The first-order chi connectivity index (χ1) is 13.1. The van der Waals surface area contributed by atoms with Crippen LogP contribution in [0.1, 0.15) is 23.5 Å². The molecule has 140 valence electrons. The zero-order valence-corrected chi connectivity index (χ0v) is 16.6. The highest BCUT2D eigenvalue weighted by Gasteiger charge is 2.34. The third-order valence-corrected chi connectivity index (χ3v) is 5.11. The summed E-state index contributed by atoms with van der Waals surface area (Å²) in [6, 6.07) is 5.39. The molecule has 1 aromatic heterocycles. The smallest absolute Gasteiger partial charge is 0.338 e. The number of nitro groups is 1. The van der Waals surface area contributed by atoms with Crippen LogP contribution >= 0.6 is 27.3 Å². The number of benzene rings is 1. The molecule has 1 aliphatic heterocycles. The third kappa shape index (κ3) is 3.91. The standard InChI is InChI=1S/C17H15BrN4O4S/c1-2-26-17(23)12-9-21(10-18)15(16-19-7-8-27-16)20-14(12)11-5-3-4-6-13(11)22(24)25/h3-9,14H,2,10H2,1H3. The lowest BCUT2D eigenvalue weighted by molar-refractivity contribution is -0.385. The highest BCUT2D eigenvalue weighted by Crippen LogP contribution is 2.37. The van der Waals surface area contributed by atoms with Gasteiger partial charge in [-0.2, -0.15) is 0 Å². The summed E-state index contributed by atoms with van der Waals surface area (Å²) in [6.07, 6.45) is 3.26. The van der Waals surface area contributed by atoms with Crippen molar-refractivity contribution in [2.75, 3.05) is 12.1 Å². The van der Waals surface area contributed by atoms with Gasteiger partial charge >= 0.3 is 5.97 Å². The van der Waals surface area contributed by atoms with Crippen molar-refractivity contribution in [1.82, 2.24) is 9.88 Å². The van der Waals surface area contributed by atoms with E-state index in [1.54, 1.807) is 42.4 Å². The second-order valence-corrected chi connectivity index (χ2v) is 6.80. The summed E-state index contributed by atoms with van der Waals surface area (Å²) < 4.78 is 5.15. The normalized spacial score (nSPS) is 16.5. The molecule has 1 aliphatic rings. The minimum absolute atomic E-state index is 0.104. The SMILES string of the molecule is CCOC(=O)C1=CN(CBr)C(c2nccs2)=NC1c1ccccc1[N+](=O)[O-]. The lowest BCUT2D eigenvalue weighted by Crippen LogP contribution is -2.32. The third-order valence-electron chi connectivity index (χ3n) is 3.80. The van der Waals surface area contributed by atoms with Gasteiger partial charge in [-0.15, -0.1) is 11.3 Å². The molecule has 0 radical (unpaired) electrons. The quantitative estimate of drug-likeness (QED) is 0.219. The summed E-state index contributed by atoms with van der Waals surface area (Å²) in [6.45, 7) is 1.89. The molecule has 2 aromatic rings. The van der Waals surface area contributed by atoms with E-state index < -0.39 is 16.9 Å². The number of nitro benzene ring substituents is 1. The number of hydrogen-bond acceptors (Lipinski definition) is 8. The molecule has 0 amide bonds. The van der Waals surface area contributed by atoms with Crippen molar-refractivity contribution in [3.05, 3.63) is 68.3 Å². The first-order valence-corrected chi connectivity index (χ1v) is 9.99. The van der Waals surface area contributed by atoms with E-state index in [1.165, 1.54) is 17.4 Å². The van der Waals surface area contributed by atoms with E-state index in [1.807, 2.05) is 5.38 Å². The fourth-order valence-electron chi connectivity index (χ4n) is 2.67. The summed E-state index contributed by atoms with van der Waals surface area (Å²) in [5.41, 5.74) is 0.820. The highest BCUT2D eigenvalue weighted by molar-refractivity contribution is 9.09. The highest BCUT2D eigenvalue weighted by atomic mass is 79.9. The van der Waals surface area contributed by atoms with Crippen molar-refractivity contribution in [3.8, 4) is 0 Å². The number of esters is 1. The molecule has 0 N–H and O–H groups in total. The molecule has 0 saturated carbocycles. The molecular formula is C17H15BrN4O4S. The Bertz CT molecular complexity index is 913. The Morgan fingerprint density at radius 3 is 2.85 bits per heavy atom. The molecule has 2 heterocycles. The first kappa shape index (κ1) is 19.2. The van der Waals surface area contributed by atoms with Crippen LogP contribution in [0.15, 0.2) is 52.6 Å². The second kappa shape index (κ2) is 8.40. The van der Waals surface area contributed by atoms with Crippen molar-refractivity contribution in [3.63, 3.8) is 0 Å². The molecule has 1 unspecified atom stereocenters. The van der Waals surface area contributed by atoms with Gasteiger partial charge in [-0.25, -0.2) is 9.78 Å². The number of carbonyl (C=O) groups is 1. The Balaban J connectivity index is 2.16. The summed E-state index contributed by atoms with van der Waals surface area (Å²) in [4.78, 5) is 34.2. The van der Waals surface area contributed by atoms with Crippen molar-refractivity contribution >= 4 is 44.8 Å². The van der Waals surface area contributed by atoms with Gasteiger partial charge in [-0.05, 0) is 13.0 Å². The molecular weight excluding hydrogens is 436 g/mol. The summed E-state index contributed by atoms with van der Waals surface area (Å²) in [5.74, 6) is -0.0355. The predicted molar refractivity (Wildman–Crippen MR) is 105 cm³/mol. The van der Waals surface area contributed by atoms with E-state index in [4.69, 9.17) is 4.74 Å². The maximum Gasteiger partial charge on any atom is 0.338 e. The van der Waals surface area contributed by atoms with Crippen LogP contribution in [0, 0.1) is 10.1 Å². The minimum Gasteiger partial charge on any atom is -0.463 e. The number of ether oxygens (including phenoxy) is 1. The van der Waals surface area contributed by atoms with Gasteiger partial charge in [0, 0.05) is 23.8 Å². The van der Waals surface area contributed by atoms with Crippen LogP contribution < -0.4 is 0 Å². The fourth-order valence-corrected chi connectivity index (χ4v) is 3.70. The summed E-state index contributed by atoms with van der Waals surface area (Å²) >= 11 is 4.78. The number of carbonyl (C=O) groups excluding carboxylic acids is 1. The number of aromatic nitrogens is 1. The van der Waals surface area contributed by atoms with Gasteiger partial charge in [0.05, 0.1) is 28.1 Å². The molecule has 0 bridgehead atoms. The number of alkyl halides is 1. The summed E-state index contributed by atoms with van der Waals surface area (Å²) in [7, 11) is 0. The van der Waals surface area contributed by atoms with Crippen molar-refractivity contribution in [2.45, 2.75) is 13.0 Å². The number of halogens is 1. The number of aliphatic imine (C=N–C) groups is 1. The summed E-state index contributed by atoms with van der Waals surface area (Å²) in [5, 5.41) is 14.0. The molecule has 27 heavy (non-hydrogen) atoms. The van der Waals surface area contributed by atoms with Gasteiger partial charge in [0.1, 0.15) is 6.04 Å². The van der Waals surface area contributed by atoms with Crippen LogP contribution in [0.5, 0.6) is 0 Å². The van der Waals surface area contributed by atoms with Crippen LogP contribution in [0.4, 0.5) is 5.69 Å². The lowest BCUT2D eigenvalue weighted by Gasteiger charge is -2.28. The van der Waals surface area contributed by atoms with Gasteiger partial charge in [-0.1, -0.05) is 28.1 Å². The van der Waals surface area contributed by atoms with Crippen LogP contribution in [-0.4, -0.2) is 38.7 Å².